The third-order valence-electron chi connectivity index (χ3n) is 2.50. The van der Waals surface area contributed by atoms with E-state index in [1.54, 1.807) is 0 Å². The average Bonchev–Trinajstić information content (AvgIpc) is 2.98. The Balaban J connectivity index is 2.07. The van der Waals surface area contributed by atoms with Gasteiger partial charge in [0.25, 0.3) is 0 Å². The molecule has 1 heterocycles. The van der Waals surface area contributed by atoms with E-state index in [1.807, 2.05) is 37.3 Å². The molecule has 1 aromatic carbocycles. The van der Waals surface area contributed by atoms with Crippen molar-refractivity contribution in [2.45, 2.75) is 30.6 Å². The lowest BCUT2D eigenvalue weighted by Crippen LogP contribution is -2.13. The van der Waals surface area contributed by atoms with E-state index in [9.17, 15) is 8.42 Å². The van der Waals surface area contributed by atoms with Crippen LogP contribution in [-0.2, 0) is 20.3 Å². The fraction of sp³-hybridized carbons (Fsp3) is 0.455. The first-order valence-corrected chi connectivity index (χ1v) is 6.76. The lowest BCUT2D eigenvalue weighted by atomic mass is 10.2. The molecular weight excluding hydrogens is 212 g/mol. The van der Waals surface area contributed by atoms with Crippen molar-refractivity contribution in [3.05, 3.63) is 35.9 Å². The molecule has 0 aliphatic carbocycles. The van der Waals surface area contributed by atoms with Crippen molar-refractivity contribution in [3.63, 3.8) is 0 Å². The fourth-order valence-corrected chi connectivity index (χ4v) is 3.41. The Morgan fingerprint density at radius 1 is 1.27 bits per heavy atom. The van der Waals surface area contributed by atoms with E-state index in [-0.39, 0.29) is 11.9 Å². The highest BCUT2D eigenvalue weighted by Crippen LogP contribution is 2.32. The van der Waals surface area contributed by atoms with E-state index in [2.05, 4.69) is 0 Å². The van der Waals surface area contributed by atoms with Crippen LogP contribution in [-0.4, -0.2) is 20.0 Å². The first-order chi connectivity index (χ1) is 7.13. The van der Waals surface area contributed by atoms with Crippen LogP contribution >= 0.6 is 0 Å². The van der Waals surface area contributed by atoms with Crippen molar-refractivity contribution < 1.29 is 13.2 Å². The Morgan fingerprint density at radius 2 is 1.93 bits per heavy atom. The molecule has 0 amide bonds. The van der Waals surface area contributed by atoms with Crippen molar-refractivity contribution in [2.24, 2.45) is 0 Å². The minimum absolute atomic E-state index is 0.0784. The number of ether oxygens (including phenoxy) is 1. The molecule has 0 radical (unpaired) electrons. The highest BCUT2D eigenvalue weighted by Gasteiger charge is 2.47. The normalized spacial score (nSPS) is 25.1. The average molecular weight is 226 g/mol. The Labute approximate surface area is 90.0 Å². The molecule has 1 saturated heterocycles. The second-order valence-electron chi connectivity index (χ2n) is 3.74. The summed E-state index contributed by atoms with van der Waals surface area (Å²) in [5.74, 6) is 0.0784. The predicted molar refractivity (Wildman–Crippen MR) is 58.0 cm³/mol. The summed E-state index contributed by atoms with van der Waals surface area (Å²) < 4.78 is 28.7. The van der Waals surface area contributed by atoms with Gasteiger partial charge in [0, 0.05) is 0 Å². The molecule has 1 aromatic rings. The maximum atomic E-state index is 11.8. The summed E-state index contributed by atoms with van der Waals surface area (Å²) in [5, 5.41) is 0. The van der Waals surface area contributed by atoms with Crippen LogP contribution < -0.4 is 0 Å². The molecule has 82 valence electrons. The maximum absolute atomic E-state index is 11.8. The first kappa shape index (κ1) is 10.6. The van der Waals surface area contributed by atoms with E-state index >= 15 is 0 Å². The van der Waals surface area contributed by atoms with Crippen LogP contribution in [0.1, 0.15) is 18.9 Å². The van der Waals surface area contributed by atoms with Crippen molar-refractivity contribution in [1.29, 1.82) is 0 Å². The number of epoxide rings is 1. The van der Waals surface area contributed by atoms with E-state index in [4.69, 9.17) is 4.74 Å². The van der Waals surface area contributed by atoms with Gasteiger partial charge in [-0.3, -0.25) is 0 Å². The molecule has 2 unspecified atom stereocenters. The topological polar surface area (TPSA) is 46.7 Å². The summed E-state index contributed by atoms with van der Waals surface area (Å²) in [4.78, 5) is 0. The fourth-order valence-electron chi connectivity index (χ4n) is 1.62. The molecule has 2 atom stereocenters. The molecule has 0 aromatic heterocycles. The molecule has 2 rings (SSSR count). The van der Waals surface area contributed by atoms with Gasteiger partial charge in [-0.1, -0.05) is 37.3 Å². The molecule has 0 bridgehead atoms. The monoisotopic (exact) mass is 226 g/mol. The van der Waals surface area contributed by atoms with Gasteiger partial charge in [0.15, 0.2) is 15.3 Å². The Bertz CT molecular complexity index is 424. The number of benzene rings is 1. The molecule has 0 N–H and O–H groups in total. The Hall–Kier alpha value is -0.870. The van der Waals surface area contributed by atoms with Gasteiger partial charge in [-0.05, 0) is 12.0 Å². The van der Waals surface area contributed by atoms with Crippen LogP contribution in [0, 0.1) is 0 Å². The standard InChI is InChI=1S/C11H14O3S/c1-2-10-11(14-10)15(12,13)8-9-6-4-3-5-7-9/h3-7,10-11H,2,8H2,1H3. The highest BCUT2D eigenvalue weighted by molar-refractivity contribution is 7.91. The van der Waals surface area contributed by atoms with Crippen LogP contribution in [0.5, 0.6) is 0 Å². The van der Waals surface area contributed by atoms with Crippen LogP contribution in [0.4, 0.5) is 0 Å². The van der Waals surface area contributed by atoms with Crippen LogP contribution in [0.15, 0.2) is 30.3 Å². The largest absolute Gasteiger partial charge is 0.352 e. The van der Waals surface area contributed by atoms with Crippen molar-refractivity contribution >= 4 is 9.84 Å². The third kappa shape index (κ3) is 2.38. The Kier molecular flexibility index (Phi) is 2.80. The van der Waals surface area contributed by atoms with Gasteiger partial charge in [0.2, 0.25) is 0 Å². The SMILES string of the molecule is CCC1OC1S(=O)(=O)Cc1ccccc1. The maximum Gasteiger partial charge on any atom is 0.185 e. The minimum atomic E-state index is -3.12. The second kappa shape index (κ2) is 3.94. The van der Waals surface area contributed by atoms with Crippen molar-refractivity contribution in [1.82, 2.24) is 0 Å². The number of hydrogen-bond acceptors (Lipinski definition) is 3. The molecule has 15 heavy (non-hydrogen) atoms. The number of sulfone groups is 1. The highest BCUT2D eigenvalue weighted by atomic mass is 32.2. The van der Waals surface area contributed by atoms with Gasteiger partial charge in [-0.15, -0.1) is 0 Å². The molecule has 0 spiro atoms. The molecular formula is C11H14O3S. The second-order valence-corrected chi connectivity index (χ2v) is 5.82. The van der Waals surface area contributed by atoms with Gasteiger partial charge in [-0.25, -0.2) is 8.42 Å². The first-order valence-electron chi connectivity index (χ1n) is 5.04. The summed E-state index contributed by atoms with van der Waals surface area (Å²) in [7, 11) is -3.12. The van der Waals surface area contributed by atoms with Crippen molar-refractivity contribution in [2.75, 3.05) is 0 Å². The molecule has 1 aliphatic heterocycles. The summed E-state index contributed by atoms with van der Waals surface area (Å²) in [6, 6.07) is 9.20. The molecule has 0 saturated carbocycles. The van der Waals surface area contributed by atoms with E-state index in [1.165, 1.54) is 0 Å². The lowest BCUT2D eigenvalue weighted by molar-refractivity contribution is 0.389. The third-order valence-corrected chi connectivity index (χ3v) is 4.36. The quantitative estimate of drug-likeness (QED) is 0.735. The van der Waals surface area contributed by atoms with Gasteiger partial charge in [0.05, 0.1) is 11.9 Å². The summed E-state index contributed by atoms with van der Waals surface area (Å²) >= 11 is 0. The molecule has 1 fully saturated rings. The molecule has 1 aliphatic rings. The van der Waals surface area contributed by atoms with E-state index in [0.717, 1.165) is 12.0 Å². The number of hydrogen-bond donors (Lipinski definition) is 0. The Morgan fingerprint density at radius 3 is 2.47 bits per heavy atom. The van der Waals surface area contributed by atoms with Gasteiger partial charge in [-0.2, -0.15) is 0 Å². The zero-order valence-corrected chi connectivity index (χ0v) is 9.41. The van der Waals surface area contributed by atoms with Crippen LogP contribution in [0.2, 0.25) is 0 Å². The predicted octanol–water partition coefficient (Wildman–Crippen LogP) is 1.74. The zero-order valence-electron chi connectivity index (χ0n) is 8.59. The summed E-state index contributed by atoms with van der Waals surface area (Å²) in [6.45, 7) is 1.93. The molecule has 4 heteroatoms. The van der Waals surface area contributed by atoms with Crippen LogP contribution in [0.3, 0.4) is 0 Å². The van der Waals surface area contributed by atoms with Gasteiger partial charge >= 0.3 is 0 Å². The van der Waals surface area contributed by atoms with Crippen molar-refractivity contribution in [3.8, 4) is 0 Å². The van der Waals surface area contributed by atoms with Crippen LogP contribution in [0.25, 0.3) is 0 Å². The van der Waals surface area contributed by atoms with E-state index in [0.29, 0.717) is 0 Å². The van der Waals surface area contributed by atoms with E-state index < -0.39 is 15.3 Å². The zero-order chi connectivity index (χ0) is 10.9. The molecule has 3 nitrogen and oxygen atoms in total. The summed E-state index contributed by atoms with van der Waals surface area (Å²) in [5.41, 5.74) is 0.255. The van der Waals surface area contributed by atoms with Gasteiger partial charge < -0.3 is 4.74 Å². The summed E-state index contributed by atoms with van der Waals surface area (Å²) in [6.07, 6.45) is 0.678. The minimum Gasteiger partial charge on any atom is -0.352 e. The smallest absolute Gasteiger partial charge is 0.185 e. The lowest BCUT2D eigenvalue weighted by Gasteiger charge is -2.00. The van der Waals surface area contributed by atoms with Gasteiger partial charge in [0.1, 0.15) is 0 Å². The number of rotatable bonds is 4.